The second-order valence-corrected chi connectivity index (χ2v) is 7.33. The molecule has 28 heavy (non-hydrogen) atoms. The van der Waals surface area contributed by atoms with Crippen LogP contribution < -0.4 is 4.74 Å². The SMILES string of the molecule is CC(CN(C)C(=O)Cc1ccccc1OCc1ccccc1)N1CCOCC1. The third-order valence-corrected chi connectivity index (χ3v) is 5.18. The highest BCUT2D eigenvalue weighted by Gasteiger charge is 2.21. The molecule has 1 unspecified atom stereocenters. The Morgan fingerprint density at radius 1 is 1.11 bits per heavy atom. The van der Waals surface area contributed by atoms with E-state index in [1.165, 1.54) is 0 Å². The molecule has 1 atom stereocenters. The summed E-state index contributed by atoms with van der Waals surface area (Å²) in [5.41, 5.74) is 2.04. The molecule has 0 radical (unpaired) electrons. The number of ether oxygens (including phenoxy) is 2. The lowest BCUT2D eigenvalue weighted by atomic mass is 10.1. The molecule has 0 aromatic heterocycles. The van der Waals surface area contributed by atoms with E-state index < -0.39 is 0 Å². The molecule has 1 amide bonds. The van der Waals surface area contributed by atoms with Gasteiger partial charge in [0.25, 0.3) is 0 Å². The number of amides is 1. The molecule has 0 spiro atoms. The number of hydrogen-bond donors (Lipinski definition) is 0. The first-order valence-electron chi connectivity index (χ1n) is 9.94. The number of nitrogens with zero attached hydrogens (tertiary/aromatic N) is 2. The summed E-state index contributed by atoms with van der Waals surface area (Å²) in [5, 5.41) is 0. The maximum atomic E-state index is 12.8. The van der Waals surface area contributed by atoms with Gasteiger partial charge in [0.1, 0.15) is 12.4 Å². The predicted octanol–water partition coefficient (Wildman–Crippen LogP) is 2.99. The van der Waals surface area contributed by atoms with E-state index in [0.29, 0.717) is 25.6 Å². The first kappa shape index (κ1) is 20.4. The van der Waals surface area contributed by atoms with Crippen molar-refractivity contribution in [2.24, 2.45) is 0 Å². The van der Waals surface area contributed by atoms with Gasteiger partial charge in [0.05, 0.1) is 19.6 Å². The minimum atomic E-state index is 0.107. The van der Waals surface area contributed by atoms with Crippen LogP contribution in [0.1, 0.15) is 18.1 Å². The summed E-state index contributed by atoms with van der Waals surface area (Å²) in [6.07, 6.45) is 0.345. The molecular weight excluding hydrogens is 352 g/mol. The number of hydrogen-bond acceptors (Lipinski definition) is 4. The summed E-state index contributed by atoms with van der Waals surface area (Å²) < 4.78 is 11.4. The molecule has 1 aliphatic heterocycles. The van der Waals surface area contributed by atoms with Crippen LogP contribution in [0.15, 0.2) is 54.6 Å². The van der Waals surface area contributed by atoms with Crippen LogP contribution in [-0.2, 0) is 22.6 Å². The summed E-state index contributed by atoms with van der Waals surface area (Å²) in [5.74, 6) is 0.880. The summed E-state index contributed by atoms with van der Waals surface area (Å²) in [6, 6.07) is 18.2. The smallest absolute Gasteiger partial charge is 0.226 e. The van der Waals surface area contributed by atoms with Gasteiger partial charge in [-0.2, -0.15) is 0 Å². The molecule has 1 aliphatic rings. The van der Waals surface area contributed by atoms with E-state index in [2.05, 4.69) is 11.8 Å². The highest BCUT2D eigenvalue weighted by Crippen LogP contribution is 2.21. The maximum absolute atomic E-state index is 12.8. The molecular formula is C23H30N2O3. The number of carbonyl (C=O) groups is 1. The fraction of sp³-hybridized carbons (Fsp3) is 0.435. The standard InChI is InChI=1S/C23H30N2O3/c1-19(25-12-14-27-15-13-25)17-24(2)23(26)16-21-10-6-7-11-22(21)28-18-20-8-4-3-5-9-20/h3-11,19H,12-18H2,1-2H3. The van der Waals surface area contributed by atoms with Crippen molar-refractivity contribution in [2.75, 3.05) is 39.9 Å². The van der Waals surface area contributed by atoms with Crippen molar-refractivity contribution in [1.29, 1.82) is 0 Å². The van der Waals surface area contributed by atoms with E-state index in [1.54, 1.807) is 0 Å². The Morgan fingerprint density at radius 2 is 1.79 bits per heavy atom. The zero-order valence-corrected chi connectivity index (χ0v) is 16.8. The third kappa shape index (κ3) is 5.81. The number of carbonyl (C=O) groups excluding carboxylic acids is 1. The fourth-order valence-corrected chi connectivity index (χ4v) is 3.46. The zero-order valence-electron chi connectivity index (χ0n) is 16.8. The molecule has 1 fully saturated rings. The van der Waals surface area contributed by atoms with E-state index in [4.69, 9.17) is 9.47 Å². The summed E-state index contributed by atoms with van der Waals surface area (Å²) >= 11 is 0. The number of rotatable bonds is 8. The first-order valence-corrected chi connectivity index (χ1v) is 9.94. The second-order valence-electron chi connectivity index (χ2n) is 7.33. The lowest BCUT2D eigenvalue weighted by Gasteiger charge is -2.34. The molecule has 5 nitrogen and oxygen atoms in total. The Labute approximate surface area is 167 Å². The van der Waals surface area contributed by atoms with Crippen molar-refractivity contribution in [3.05, 3.63) is 65.7 Å². The normalized spacial score (nSPS) is 15.8. The zero-order chi connectivity index (χ0) is 19.8. The molecule has 1 heterocycles. The molecule has 2 aromatic rings. The van der Waals surface area contributed by atoms with Crippen LogP contribution in [0.25, 0.3) is 0 Å². The monoisotopic (exact) mass is 382 g/mol. The lowest BCUT2D eigenvalue weighted by molar-refractivity contribution is -0.130. The second kappa shape index (κ2) is 10.2. The van der Waals surface area contributed by atoms with E-state index >= 15 is 0 Å². The number of para-hydroxylation sites is 1. The van der Waals surface area contributed by atoms with Crippen molar-refractivity contribution in [3.63, 3.8) is 0 Å². The van der Waals surface area contributed by atoms with E-state index in [9.17, 15) is 4.79 Å². The van der Waals surface area contributed by atoms with Crippen LogP contribution in [0.3, 0.4) is 0 Å². The molecule has 2 aromatic carbocycles. The van der Waals surface area contributed by atoms with E-state index in [-0.39, 0.29) is 5.91 Å². The van der Waals surface area contributed by atoms with Crippen LogP contribution in [0.4, 0.5) is 0 Å². The number of morpholine rings is 1. The Morgan fingerprint density at radius 3 is 2.54 bits per heavy atom. The minimum absolute atomic E-state index is 0.107. The van der Waals surface area contributed by atoms with Gasteiger partial charge in [-0.15, -0.1) is 0 Å². The third-order valence-electron chi connectivity index (χ3n) is 5.18. The summed E-state index contributed by atoms with van der Waals surface area (Å²) in [7, 11) is 1.88. The van der Waals surface area contributed by atoms with Crippen LogP contribution in [0.5, 0.6) is 5.75 Å². The van der Waals surface area contributed by atoms with Crippen LogP contribution >= 0.6 is 0 Å². The van der Waals surface area contributed by atoms with Crippen molar-refractivity contribution >= 4 is 5.91 Å². The predicted molar refractivity (Wildman–Crippen MR) is 110 cm³/mol. The quantitative estimate of drug-likeness (QED) is 0.704. The molecule has 0 saturated carbocycles. The number of benzene rings is 2. The van der Waals surface area contributed by atoms with Crippen molar-refractivity contribution in [2.45, 2.75) is 26.0 Å². The molecule has 150 valence electrons. The van der Waals surface area contributed by atoms with Crippen LogP contribution in [0, 0.1) is 0 Å². The highest BCUT2D eigenvalue weighted by atomic mass is 16.5. The van der Waals surface area contributed by atoms with E-state index in [0.717, 1.165) is 43.2 Å². The first-order chi connectivity index (χ1) is 13.6. The van der Waals surface area contributed by atoms with Crippen molar-refractivity contribution in [1.82, 2.24) is 9.80 Å². The molecule has 0 N–H and O–H groups in total. The van der Waals surface area contributed by atoms with Gasteiger partial charge < -0.3 is 14.4 Å². The van der Waals surface area contributed by atoms with Gasteiger partial charge in [-0.3, -0.25) is 9.69 Å². The Balaban J connectivity index is 1.55. The number of likely N-dealkylation sites (N-methyl/N-ethyl adjacent to an activating group) is 1. The highest BCUT2D eigenvalue weighted by molar-refractivity contribution is 5.79. The maximum Gasteiger partial charge on any atom is 0.226 e. The molecule has 0 bridgehead atoms. The van der Waals surface area contributed by atoms with Crippen LogP contribution in [-0.4, -0.2) is 61.6 Å². The Bertz CT molecular complexity index is 745. The molecule has 3 rings (SSSR count). The van der Waals surface area contributed by atoms with Crippen molar-refractivity contribution in [3.8, 4) is 5.75 Å². The van der Waals surface area contributed by atoms with Gasteiger partial charge in [0.2, 0.25) is 5.91 Å². The topological polar surface area (TPSA) is 42.0 Å². The van der Waals surface area contributed by atoms with Crippen molar-refractivity contribution < 1.29 is 14.3 Å². The summed E-state index contributed by atoms with van der Waals surface area (Å²) in [6.45, 7) is 6.79. The Kier molecular flexibility index (Phi) is 7.46. The van der Waals surface area contributed by atoms with Gasteiger partial charge in [-0.25, -0.2) is 0 Å². The summed E-state index contributed by atoms with van der Waals surface area (Å²) in [4.78, 5) is 17.0. The fourth-order valence-electron chi connectivity index (χ4n) is 3.46. The van der Waals surface area contributed by atoms with Gasteiger partial charge in [-0.1, -0.05) is 48.5 Å². The minimum Gasteiger partial charge on any atom is -0.489 e. The molecule has 0 aliphatic carbocycles. The van der Waals surface area contributed by atoms with E-state index in [1.807, 2.05) is 66.5 Å². The largest absolute Gasteiger partial charge is 0.489 e. The lowest BCUT2D eigenvalue weighted by Crippen LogP contribution is -2.47. The molecule has 5 heteroatoms. The average molecular weight is 383 g/mol. The molecule has 1 saturated heterocycles. The van der Waals surface area contributed by atoms with Gasteiger partial charge >= 0.3 is 0 Å². The van der Waals surface area contributed by atoms with Gasteiger partial charge in [-0.05, 0) is 18.6 Å². The average Bonchev–Trinajstić information content (AvgIpc) is 2.74. The Hall–Kier alpha value is -2.37. The van der Waals surface area contributed by atoms with Gasteiger partial charge in [0.15, 0.2) is 0 Å². The van der Waals surface area contributed by atoms with Gasteiger partial charge in [0, 0.05) is 38.3 Å². The van der Waals surface area contributed by atoms with Crippen LogP contribution in [0.2, 0.25) is 0 Å².